The molecule has 0 saturated heterocycles. The highest BCUT2D eigenvalue weighted by atomic mass is 32.1. The zero-order chi connectivity index (χ0) is 13.7. The normalized spacial score (nSPS) is 10.5. The van der Waals surface area contributed by atoms with Gasteiger partial charge in [-0.1, -0.05) is 6.92 Å². The number of thiazole rings is 1. The number of anilines is 2. The van der Waals surface area contributed by atoms with E-state index in [-0.39, 0.29) is 0 Å². The van der Waals surface area contributed by atoms with Crippen molar-refractivity contribution < 1.29 is 0 Å². The zero-order valence-electron chi connectivity index (χ0n) is 11.5. The minimum Gasteiger partial charge on any atom is -0.370 e. The predicted octanol–water partition coefficient (Wildman–Crippen LogP) is 2.85. The van der Waals surface area contributed by atoms with Gasteiger partial charge in [0.05, 0.1) is 11.6 Å². The van der Waals surface area contributed by atoms with E-state index in [1.807, 2.05) is 19.2 Å². The first-order valence-electron chi connectivity index (χ1n) is 6.48. The molecule has 2 aromatic heterocycles. The lowest BCUT2D eigenvalue weighted by Crippen LogP contribution is -2.07. The highest BCUT2D eigenvalue weighted by molar-refractivity contribution is 7.11. The van der Waals surface area contributed by atoms with Crippen molar-refractivity contribution in [2.24, 2.45) is 0 Å². The molecule has 2 heterocycles. The molecule has 0 fully saturated rings. The third-order valence-electron chi connectivity index (χ3n) is 2.56. The SMILES string of the molecule is CCNc1cc(NCc2cnc(C)s2)nc(CC)n1. The molecule has 0 spiro atoms. The molecule has 0 aliphatic rings. The molecule has 2 aromatic rings. The lowest BCUT2D eigenvalue weighted by Gasteiger charge is -2.09. The van der Waals surface area contributed by atoms with Gasteiger partial charge < -0.3 is 10.6 Å². The van der Waals surface area contributed by atoms with Gasteiger partial charge in [0.25, 0.3) is 0 Å². The van der Waals surface area contributed by atoms with Crippen LogP contribution in [-0.2, 0) is 13.0 Å². The van der Waals surface area contributed by atoms with Crippen molar-refractivity contribution >= 4 is 23.0 Å². The Morgan fingerprint density at radius 2 is 1.89 bits per heavy atom. The van der Waals surface area contributed by atoms with E-state index in [1.165, 1.54) is 4.88 Å². The number of nitrogens with zero attached hydrogens (tertiary/aromatic N) is 3. The number of aromatic nitrogens is 3. The van der Waals surface area contributed by atoms with Crippen LogP contribution in [0.1, 0.15) is 29.6 Å². The highest BCUT2D eigenvalue weighted by Crippen LogP contribution is 2.16. The van der Waals surface area contributed by atoms with Crippen molar-refractivity contribution in [1.82, 2.24) is 15.0 Å². The fraction of sp³-hybridized carbons (Fsp3) is 0.462. The molecule has 6 heteroatoms. The second-order valence-electron chi connectivity index (χ2n) is 4.14. The largest absolute Gasteiger partial charge is 0.370 e. The number of rotatable bonds is 6. The monoisotopic (exact) mass is 277 g/mol. The maximum Gasteiger partial charge on any atom is 0.132 e. The van der Waals surface area contributed by atoms with Crippen LogP contribution in [0.15, 0.2) is 12.3 Å². The van der Waals surface area contributed by atoms with Gasteiger partial charge in [-0.2, -0.15) is 0 Å². The van der Waals surface area contributed by atoms with E-state index in [2.05, 4.69) is 39.4 Å². The van der Waals surface area contributed by atoms with Crippen LogP contribution in [0, 0.1) is 6.92 Å². The summed E-state index contributed by atoms with van der Waals surface area (Å²) in [5, 5.41) is 7.64. The number of aryl methyl sites for hydroxylation is 2. The van der Waals surface area contributed by atoms with Crippen LogP contribution in [-0.4, -0.2) is 21.5 Å². The Morgan fingerprint density at radius 1 is 1.16 bits per heavy atom. The Balaban J connectivity index is 2.08. The van der Waals surface area contributed by atoms with E-state index in [4.69, 9.17) is 0 Å². The van der Waals surface area contributed by atoms with E-state index >= 15 is 0 Å². The molecule has 0 bridgehead atoms. The molecule has 0 atom stereocenters. The zero-order valence-corrected chi connectivity index (χ0v) is 12.3. The summed E-state index contributed by atoms with van der Waals surface area (Å²) in [5.41, 5.74) is 0. The van der Waals surface area contributed by atoms with Crippen LogP contribution in [0.25, 0.3) is 0 Å². The maximum absolute atomic E-state index is 4.48. The Bertz CT molecular complexity index is 538. The highest BCUT2D eigenvalue weighted by Gasteiger charge is 2.04. The van der Waals surface area contributed by atoms with Crippen LogP contribution < -0.4 is 10.6 Å². The molecular weight excluding hydrogens is 258 g/mol. The quantitative estimate of drug-likeness (QED) is 0.850. The molecule has 0 aromatic carbocycles. The van der Waals surface area contributed by atoms with Crippen molar-refractivity contribution in [3.63, 3.8) is 0 Å². The third kappa shape index (κ3) is 3.89. The first kappa shape index (κ1) is 13.7. The Morgan fingerprint density at radius 3 is 2.47 bits per heavy atom. The van der Waals surface area contributed by atoms with Crippen LogP contribution in [0.2, 0.25) is 0 Å². The minimum absolute atomic E-state index is 0.747. The van der Waals surface area contributed by atoms with Crippen LogP contribution in [0.4, 0.5) is 11.6 Å². The van der Waals surface area contributed by atoms with Gasteiger partial charge in [0.2, 0.25) is 0 Å². The second kappa shape index (κ2) is 6.47. The topological polar surface area (TPSA) is 62.7 Å². The standard InChI is InChI=1S/C13H19N5S/c1-4-11-17-12(14-5-2)6-13(18-11)16-8-10-7-15-9(3)19-10/h6-7H,4-5,8H2,1-3H3,(H2,14,16,17,18). The molecule has 2 rings (SSSR count). The summed E-state index contributed by atoms with van der Waals surface area (Å²) in [7, 11) is 0. The molecule has 0 amide bonds. The summed E-state index contributed by atoms with van der Waals surface area (Å²) in [6, 6.07) is 1.94. The van der Waals surface area contributed by atoms with Gasteiger partial charge in [0.1, 0.15) is 17.5 Å². The molecular formula is C13H19N5S. The molecule has 0 unspecified atom stereocenters. The lowest BCUT2D eigenvalue weighted by molar-refractivity contribution is 0.930. The van der Waals surface area contributed by atoms with Gasteiger partial charge in [0.15, 0.2) is 0 Å². The van der Waals surface area contributed by atoms with Crippen molar-refractivity contribution in [2.45, 2.75) is 33.7 Å². The first-order chi connectivity index (χ1) is 9.21. The Labute approximate surface area is 117 Å². The summed E-state index contributed by atoms with van der Waals surface area (Å²) in [5.74, 6) is 2.58. The molecule has 5 nitrogen and oxygen atoms in total. The first-order valence-corrected chi connectivity index (χ1v) is 7.30. The van der Waals surface area contributed by atoms with Crippen molar-refractivity contribution in [3.05, 3.63) is 28.0 Å². The van der Waals surface area contributed by atoms with Crippen molar-refractivity contribution in [1.29, 1.82) is 0 Å². The summed E-state index contributed by atoms with van der Waals surface area (Å²) in [4.78, 5) is 14.4. The average Bonchev–Trinajstić information content (AvgIpc) is 2.82. The minimum atomic E-state index is 0.747. The van der Waals surface area contributed by atoms with E-state index < -0.39 is 0 Å². The van der Waals surface area contributed by atoms with Gasteiger partial charge in [-0.05, 0) is 13.8 Å². The fourth-order valence-electron chi connectivity index (χ4n) is 1.68. The van der Waals surface area contributed by atoms with E-state index in [1.54, 1.807) is 11.3 Å². The van der Waals surface area contributed by atoms with Crippen LogP contribution in [0.3, 0.4) is 0 Å². The van der Waals surface area contributed by atoms with Gasteiger partial charge in [-0.15, -0.1) is 11.3 Å². The molecule has 0 saturated carbocycles. The van der Waals surface area contributed by atoms with Gasteiger partial charge >= 0.3 is 0 Å². The predicted molar refractivity (Wildman–Crippen MR) is 79.8 cm³/mol. The Hall–Kier alpha value is -1.69. The van der Waals surface area contributed by atoms with Gasteiger partial charge in [0, 0.05) is 30.1 Å². The van der Waals surface area contributed by atoms with Gasteiger partial charge in [-0.25, -0.2) is 15.0 Å². The summed E-state index contributed by atoms with van der Waals surface area (Å²) < 4.78 is 0. The summed E-state index contributed by atoms with van der Waals surface area (Å²) in [6.45, 7) is 7.73. The number of nitrogens with one attached hydrogen (secondary N) is 2. The third-order valence-corrected chi connectivity index (χ3v) is 3.47. The molecule has 0 aliphatic carbocycles. The molecule has 102 valence electrons. The number of hydrogen-bond acceptors (Lipinski definition) is 6. The molecule has 19 heavy (non-hydrogen) atoms. The summed E-state index contributed by atoms with van der Waals surface area (Å²) >= 11 is 1.70. The molecule has 0 aliphatic heterocycles. The van der Waals surface area contributed by atoms with E-state index in [9.17, 15) is 0 Å². The van der Waals surface area contributed by atoms with Crippen LogP contribution in [0.5, 0.6) is 0 Å². The Kier molecular flexibility index (Phi) is 4.68. The summed E-state index contributed by atoms with van der Waals surface area (Å²) in [6.07, 6.45) is 2.73. The fourth-order valence-corrected chi connectivity index (χ4v) is 2.42. The van der Waals surface area contributed by atoms with E-state index in [0.29, 0.717) is 0 Å². The smallest absolute Gasteiger partial charge is 0.132 e. The molecule has 0 radical (unpaired) electrons. The maximum atomic E-state index is 4.48. The van der Waals surface area contributed by atoms with Crippen LogP contribution >= 0.6 is 11.3 Å². The van der Waals surface area contributed by atoms with Crippen molar-refractivity contribution in [3.8, 4) is 0 Å². The molecule has 2 N–H and O–H groups in total. The number of hydrogen-bond donors (Lipinski definition) is 2. The lowest BCUT2D eigenvalue weighted by atomic mass is 10.4. The van der Waals surface area contributed by atoms with E-state index in [0.717, 1.165) is 42.0 Å². The average molecular weight is 277 g/mol. The van der Waals surface area contributed by atoms with Gasteiger partial charge in [-0.3, -0.25) is 0 Å². The van der Waals surface area contributed by atoms with Crippen molar-refractivity contribution in [2.75, 3.05) is 17.2 Å². The second-order valence-corrected chi connectivity index (χ2v) is 5.46.